The lowest BCUT2D eigenvalue weighted by Gasteiger charge is -2.20. The van der Waals surface area contributed by atoms with E-state index in [1.54, 1.807) is 12.1 Å². The number of hydrogen-bond donors (Lipinski definition) is 1. The van der Waals surface area contributed by atoms with Crippen molar-refractivity contribution in [2.75, 3.05) is 23.8 Å². The molecule has 1 N–H and O–H groups in total. The molecule has 110 valence electrons. The molecular weight excluding hydrogens is 266 g/mol. The minimum absolute atomic E-state index is 0.0916. The smallest absolute Gasteiger partial charge is 0.273 e. The maximum Gasteiger partial charge on any atom is 0.273 e. The first-order valence-corrected chi connectivity index (χ1v) is 6.94. The molecule has 0 atom stereocenters. The Labute approximate surface area is 124 Å². The third-order valence-corrected chi connectivity index (χ3v) is 3.22. The third-order valence-electron chi connectivity index (χ3n) is 3.22. The molecule has 0 saturated carbocycles. The van der Waals surface area contributed by atoms with E-state index in [-0.39, 0.29) is 10.6 Å². The molecule has 0 amide bonds. The van der Waals surface area contributed by atoms with Crippen molar-refractivity contribution in [3.63, 3.8) is 0 Å². The molecule has 0 bridgehead atoms. The minimum atomic E-state index is -0.362. The van der Waals surface area contributed by atoms with Gasteiger partial charge in [-0.05, 0) is 24.6 Å². The van der Waals surface area contributed by atoms with Crippen LogP contribution < -0.4 is 10.2 Å². The van der Waals surface area contributed by atoms with Crippen LogP contribution in [0.2, 0.25) is 0 Å². The van der Waals surface area contributed by atoms with Gasteiger partial charge in [-0.3, -0.25) is 10.1 Å². The van der Waals surface area contributed by atoms with Crippen molar-refractivity contribution in [2.24, 2.45) is 0 Å². The Morgan fingerprint density at radius 2 is 1.86 bits per heavy atom. The van der Waals surface area contributed by atoms with Gasteiger partial charge in [-0.25, -0.2) is 0 Å². The van der Waals surface area contributed by atoms with E-state index in [9.17, 15) is 10.1 Å². The zero-order valence-corrected chi connectivity index (χ0v) is 12.2. The van der Waals surface area contributed by atoms with E-state index >= 15 is 0 Å². The van der Waals surface area contributed by atoms with Crippen LogP contribution in [0.25, 0.3) is 0 Å². The Morgan fingerprint density at radius 1 is 1.14 bits per heavy atom. The summed E-state index contributed by atoms with van der Waals surface area (Å²) in [6.45, 7) is 2.84. The Balaban J connectivity index is 2.37. The van der Waals surface area contributed by atoms with Gasteiger partial charge in [-0.2, -0.15) is 0 Å². The summed E-state index contributed by atoms with van der Waals surface area (Å²) in [6, 6.07) is 14.9. The average molecular weight is 285 g/mol. The number of nitrogens with one attached hydrogen (secondary N) is 1. The highest BCUT2D eigenvalue weighted by Gasteiger charge is 2.13. The maximum absolute atomic E-state index is 11.1. The van der Waals surface area contributed by atoms with Gasteiger partial charge >= 0.3 is 0 Å². The van der Waals surface area contributed by atoms with E-state index in [0.717, 1.165) is 30.0 Å². The fourth-order valence-corrected chi connectivity index (χ4v) is 2.07. The van der Waals surface area contributed by atoms with E-state index in [1.807, 2.05) is 48.3 Å². The molecular formula is C16H19N3O2. The molecule has 0 aliphatic carbocycles. The Kier molecular flexibility index (Phi) is 4.77. The molecule has 2 aromatic rings. The summed E-state index contributed by atoms with van der Waals surface area (Å²) in [5.41, 5.74) is 2.63. The van der Waals surface area contributed by atoms with Crippen molar-refractivity contribution in [3.8, 4) is 0 Å². The van der Waals surface area contributed by atoms with Crippen LogP contribution in [-0.4, -0.2) is 18.5 Å². The van der Waals surface area contributed by atoms with Crippen LogP contribution in [0.5, 0.6) is 0 Å². The first kappa shape index (κ1) is 14.8. The number of anilines is 3. The van der Waals surface area contributed by atoms with Crippen LogP contribution >= 0.6 is 0 Å². The fraction of sp³-hybridized carbons (Fsp3) is 0.250. The number of nitro groups is 1. The van der Waals surface area contributed by atoms with Gasteiger partial charge in [0.1, 0.15) is 0 Å². The molecule has 0 heterocycles. The van der Waals surface area contributed by atoms with Gasteiger partial charge in [0.05, 0.1) is 4.92 Å². The van der Waals surface area contributed by atoms with Gasteiger partial charge in [0.2, 0.25) is 0 Å². The second-order valence-electron chi connectivity index (χ2n) is 4.82. The number of benzene rings is 2. The summed E-state index contributed by atoms with van der Waals surface area (Å²) in [4.78, 5) is 12.7. The Bertz CT molecular complexity index is 614. The van der Waals surface area contributed by atoms with Crippen LogP contribution in [0.3, 0.4) is 0 Å². The van der Waals surface area contributed by atoms with Crippen LogP contribution in [0.4, 0.5) is 22.7 Å². The van der Waals surface area contributed by atoms with Crippen molar-refractivity contribution < 1.29 is 4.92 Å². The van der Waals surface area contributed by atoms with Crippen LogP contribution in [0, 0.1) is 10.1 Å². The number of non-ortho nitro benzene ring substituents is 1. The van der Waals surface area contributed by atoms with Crippen LogP contribution in [-0.2, 0) is 0 Å². The molecule has 0 radical (unpaired) electrons. The third kappa shape index (κ3) is 3.72. The summed E-state index contributed by atoms with van der Waals surface area (Å²) in [5, 5.41) is 14.3. The minimum Gasteiger partial charge on any atom is -0.385 e. The Morgan fingerprint density at radius 3 is 2.48 bits per heavy atom. The van der Waals surface area contributed by atoms with Gasteiger partial charge in [0.15, 0.2) is 0 Å². The van der Waals surface area contributed by atoms with Crippen LogP contribution in [0.1, 0.15) is 13.3 Å². The van der Waals surface area contributed by atoms with Gasteiger partial charge in [0.25, 0.3) is 5.69 Å². The zero-order valence-electron chi connectivity index (χ0n) is 12.2. The quantitative estimate of drug-likeness (QED) is 0.639. The number of hydrogen-bond acceptors (Lipinski definition) is 4. The molecule has 0 fully saturated rings. The second-order valence-corrected chi connectivity index (χ2v) is 4.82. The highest BCUT2D eigenvalue weighted by Crippen LogP contribution is 2.30. The zero-order chi connectivity index (χ0) is 15.2. The van der Waals surface area contributed by atoms with E-state index in [2.05, 4.69) is 12.2 Å². The maximum atomic E-state index is 11.1. The average Bonchev–Trinajstić information content (AvgIpc) is 2.52. The van der Waals surface area contributed by atoms with Gasteiger partial charge in [-0.15, -0.1) is 0 Å². The first-order valence-electron chi connectivity index (χ1n) is 6.94. The topological polar surface area (TPSA) is 58.4 Å². The molecule has 0 aliphatic rings. The summed E-state index contributed by atoms with van der Waals surface area (Å²) in [6.07, 6.45) is 0.965. The summed E-state index contributed by atoms with van der Waals surface area (Å²) < 4.78 is 0. The molecule has 0 aliphatic heterocycles. The molecule has 5 heteroatoms. The second kappa shape index (κ2) is 6.74. The lowest BCUT2D eigenvalue weighted by atomic mass is 10.2. The Hall–Kier alpha value is -2.56. The SMILES string of the molecule is CCCNc1cc(N(C)c2ccccc2)cc([N+](=O)[O-])c1. The van der Waals surface area contributed by atoms with E-state index < -0.39 is 0 Å². The van der Waals surface area contributed by atoms with Crippen molar-refractivity contribution in [1.29, 1.82) is 0 Å². The molecule has 0 spiro atoms. The first-order chi connectivity index (χ1) is 10.1. The highest BCUT2D eigenvalue weighted by atomic mass is 16.6. The lowest BCUT2D eigenvalue weighted by Crippen LogP contribution is -2.10. The normalized spacial score (nSPS) is 10.2. The van der Waals surface area contributed by atoms with Gasteiger partial charge < -0.3 is 10.2 Å². The molecule has 0 unspecified atom stereocenters. The predicted molar refractivity (Wildman–Crippen MR) is 86.4 cm³/mol. The van der Waals surface area contributed by atoms with Gasteiger partial charge in [0, 0.05) is 42.8 Å². The summed E-state index contributed by atoms with van der Waals surface area (Å²) >= 11 is 0. The molecule has 5 nitrogen and oxygen atoms in total. The predicted octanol–water partition coefficient (Wildman–Crippen LogP) is 4.18. The van der Waals surface area contributed by atoms with E-state index in [0.29, 0.717) is 0 Å². The summed E-state index contributed by atoms with van der Waals surface area (Å²) in [7, 11) is 1.90. The number of nitro benzene ring substituents is 1. The number of nitrogens with zero attached hydrogens (tertiary/aromatic N) is 2. The molecule has 21 heavy (non-hydrogen) atoms. The molecule has 0 aromatic heterocycles. The van der Waals surface area contributed by atoms with Crippen molar-refractivity contribution in [1.82, 2.24) is 0 Å². The number of para-hydroxylation sites is 1. The monoisotopic (exact) mass is 285 g/mol. The van der Waals surface area contributed by atoms with E-state index in [1.165, 1.54) is 0 Å². The van der Waals surface area contributed by atoms with Crippen LogP contribution in [0.15, 0.2) is 48.5 Å². The van der Waals surface area contributed by atoms with Crippen molar-refractivity contribution in [3.05, 3.63) is 58.6 Å². The standard InChI is InChI=1S/C16H19N3O2/c1-3-9-17-13-10-15(12-16(11-13)19(20)21)18(2)14-7-5-4-6-8-14/h4-8,10-12,17H,3,9H2,1-2H3. The van der Waals surface area contributed by atoms with Crippen molar-refractivity contribution >= 4 is 22.7 Å². The van der Waals surface area contributed by atoms with Crippen molar-refractivity contribution in [2.45, 2.75) is 13.3 Å². The van der Waals surface area contributed by atoms with Gasteiger partial charge in [-0.1, -0.05) is 25.1 Å². The lowest BCUT2D eigenvalue weighted by molar-refractivity contribution is -0.384. The molecule has 0 saturated heterocycles. The molecule has 2 rings (SSSR count). The molecule has 2 aromatic carbocycles. The van der Waals surface area contributed by atoms with E-state index in [4.69, 9.17) is 0 Å². The largest absolute Gasteiger partial charge is 0.385 e. The fourth-order valence-electron chi connectivity index (χ4n) is 2.07. The highest BCUT2D eigenvalue weighted by molar-refractivity contribution is 5.70. The number of rotatable bonds is 6. The summed E-state index contributed by atoms with van der Waals surface area (Å²) in [5.74, 6) is 0.